The van der Waals surface area contributed by atoms with Crippen LogP contribution in [0.15, 0.2) is 48.7 Å². The van der Waals surface area contributed by atoms with E-state index in [4.69, 9.17) is 11.6 Å². The standard InChI is InChI=1S/C24H21ClN4O3/c1-13-11-19-21(23(25)27-13)18-5-4-10-26-22(18)14(2)24(32)29(19)12-20(31)28-17-8-6-16(7-9-17)15(3)30/h4-11,14H,12H2,1-3H3,(H,28,31)/t14-/m1/s1. The number of Topliss-reactive ketones (excluding diaryl/α,β-unsaturated/α-hetero) is 1. The van der Waals surface area contributed by atoms with Gasteiger partial charge in [0.1, 0.15) is 11.7 Å². The smallest absolute Gasteiger partial charge is 0.244 e. The number of nitrogens with zero attached hydrogens (tertiary/aromatic N) is 3. The summed E-state index contributed by atoms with van der Waals surface area (Å²) in [6, 6.07) is 12.0. The number of carbonyl (C=O) groups excluding carboxylic acids is 3. The molecule has 0 fully saturated rings. The first-order valence-corrected chi connectivity index (χ1v) is 10.5. The fourth-order valence-electron chi connectivity index (χ4n) is 3.82. The maximum atomic E-state index is 13.4. The van der Waals surface area contributed by atoms with E-state index in [1.165, 1.54) is 11.8 Å². The van der Waals surface area contributed by atoms with Crippen molar-refractivity contribution < 1.29 is 14.4 Å². The number of hydrogen-bond acceptors (Lipinski definition) is 5. The van der Waals surface area contributed by atoms with Gasteiger partial charge in [0.05, 0.1) is 17.3 Å². The lowest BCUT2D eigenvalue weighted by atomic mass is 9.98. The molecule has 8 heteroatoms. The normalized spacial score (nSPS) is 14.9. The molecule has 1 aliphatic rings. The molecule has 0 saturated heterocycles. The van der Waals surface area contributed by atoms with E-state index in [0.717, 1.165) is 5.56 Å². The second kappa shape index (κ2) is 8.51. The fourth-order valence-corrected chi connectivity index (χ4v) is 4.15. The largest absolute Gasteiger partial charge is 0.325 e. The van der Waals surface area contributed by atoms with Crippen molar-refractivity contribution in [3.63, 3.8) is 0 Å². The molecule has 1 aromatic carbocycles. The van der Waals surface area contributed by atoms with E-state index in [1.54, 1.807) is 56.4 Å². The van der Waals surface area contributed by atoms with Crippen LogP contribution < -0.4 is 10.2 Å². The van der Waals surface area contributed by atoms with E-state index in [2.05, 4.69) is 15.3 Å². The number of rotatable bonds is 4. The van der Waals surface area contributed by atoms with Crippen LogP contribution in [-0.2, 0) is 9.59 Å². The third-order valence-electron chi connectivity index (χ3n) is 5.40. The van der Waals surface area contributed by atoms with E-state index in [0.29, 0.717) is 33.9 Å². The number of nitrogens with one attached hydrogen (secondary N) is 1. The third-order valence-corrected chi connectivity index (χ3v) is 5.68. The van der Waals surface area contributed by atoms with Crippen molar-refractivity contribution in [1.29, 1.82) is 0 Å². The van der Waals surface area contributed by atoms with Gasteiger partial charge in [0.15, 0.2) is 5.78 Å². The zero-order valence-corrected chi connectivity index (χ0v) is 18.6. The summed E-state index contributed by atoms with van der Waals surface area (Å²) in [6.07, 6.45) is 1.63. The van der Waals surface area contributed by atoms with Gasteiger partial charge < -0.3 is 10.2 Å². The first-order chi connectivity index (χ1) is 15.3. The number of benzene rings is 1. The number of aryl methyl sites for hydroxylation is 1. The van der Waals surface area contributed by atoms with Crippen molar-refractivity contribution in [3.05, 3.63) is 70.8 Å². The van der Waals surface area contributed by atoms with Gasteiger partial charge >= 0.3 is 0 Å². The molecule has 32 heavy (non-hydrogen) atoms. The van der Waals surface area contributed by atoms with Gasteiger partial charge in [-0.3, -0.25) is 19.4 Å². The van der Waals surface area contributed by atoms with Crippen molar-refractivity contribution in [2.75, 3.05) is 16.8 Å². The second-order valence-electron chi connectivity index (χ2n) is 7.71. The molecule has 2 aromatic heterocycles. The molecule has 1 N–H and O–H groups in total. The van der Waals surface area contributed by atoms with Crippen molar-refractivity contribution in [3.8, 4) is 11.1 Å². The highest BCUT2D eigenvalue weighted by Crippen LogP contribution is 2.43. The number of amides is 2. The molecule has 1 aliphatic heterocycles. The maximum Gasteiger partial charge on any atom is 0.244 e. The highest BCUT2D eigenvalue weighted by atomic mass is 35.5. The van der Waals surface area contributed by atoms with Crippen LogP contribution in [0.25, 0.3) is 11.1 Å². The summed E-state index contributed by atoms with van der Waals surface area (Å²) < 4.78 is 0. The third kappa shape index (κ3) is 3.99. The Bertz CT molecular complexity index is 1240. The van der Waals surface area contributed by atoms with E-state index < -0.39 is 5.92 Å². The molecule has 7 nitrogen and oxygen atoms in total. The highest BCUT2D eigenvalue weighted by Gasteiger charge is 2.35. The van der Waals surface area contributed by atoms with Crippen LogP contribution in [0.5, 0.6) is 0 Å². The summed E-state index contributed by atoms with van der Waals surface area (Å²) in [5.41, 5.74) is 4.13. The first-order valence-electron chi connectivity index (χ1n) is 10.1. The summed E-state index contributed by atoms with van der Waals surface area (Å²) in [5, 5.41) is 3.04. The fraction of sp³-hybridized carbons (Fsp3) is 0.208. The molecule has 4 rings (SSSR count). The number of aromatic nitrogens is 2. The van der Waals surface area contributed by atoms with E-state index in [-0.39, 0.29) is 29.3 Å². The molecule has 0 saturated carbocycles. The zero-order valence-electron chi connectivity index (χ0n) is 17.8. The average molecular weight is 449 g/mol. The van der Waals surface area contributed by atoms with E-state index in [9.17, 15) is 14.4 Å². The minimum Gasteiger partial charge on any atom is -0.325 e. The quantitative estimate of drug-likeness (QED) is 0.471. The Morgan fingerprint density at radius 3 is 2.59 bits per heavy atom. The highest BCUT2D eigenvalue weighted by molar-refractivity contribution is 6.33. The lowest BCUT2D eigenvalue weighted by Gasteiger charge is -2.24. The molecular weight excluding hydrogens is 428 g/mol. The number of carbonyl (C=O) groups is 3. The minimum absolute atomic E-state index is 0.0577. The molecule has 3 heterocycles. The minimum atomic E-state index is -0.572. The number of anilines is 2. The maximum absolute atomic E-state index is 13.4. The van der Waals surface area contributed by atoms with Gasteiger partial charge in [0.25, 0.3) is 0 Å². The molecule has 3 aromatic rings. The van der Waals surface area contributed by atoms with E-state index in [1.807, 2.05) is 6.07 Å². The molecule has 0 radical (unpaired) electrons. The molecule has 0 spiro atoms. The summed E-state index contributed by atoms with van der Waals surface area (Å²) in [7, 11) is 0. The number of halogens is 1. The zero-order chi connectivity index (χ0) is 23.0. The predicted molar refractivity (Wildman–Crippen MR) is 123 cm³/mol. The molecule has 0 bridgehead atoms. The summed E-state index contributed by atoms with van der Waals surface area (Å²) in [4.78, 5) is 47.9. The Balaban J connectivity index is 1.70. The van der Waals surface area contributed by atoms with Crippen molar-refractivity contribution >= 4 is 40.6 Å². The van der Waals surface area contributed by atoms with Crippen LogP contribution in [0.4, 0.5) is 11.4 Å². The Morgan fingerprint density at radius 1 is 1.19 bits per heavy atom. The Kier molecular flexibility index (Phi) is 5.76. The summed E-state index contributed by atoms with van der Waals surface area (Å²) in [6.45, 7) is 4.81. The second-order valence-corrected chi connectivity index (χ2v) is 8.07. The van der Waals surface area contributed by atoms with Gasteiger partial charge in [-0.1, -0.05) is 17.7 Å². The van der Waals surface area contributed by atoms with Crippen molar-refractivity contribution in [2.45, 2.75) is 26.7 Å². The van der Waals surface area contributed by atoms with Crippen molar-refractivity contribution in [1.82, 2.24) is 9.97 Å². The van der Waals surface area contributed by atoms with Crippen LogP contribution >= 0.6 is 11.6 Å². The SMILES string of the molecule is CC(=O)c1ccc(NC(=O)CN2C(=O)[C@H](C)c3ncccc3-c3c2cc(C)nc3Cl)cc1. The molecular formula is C24H21ClN4O3. The number of hydrogen-bond donors (Lipinski definition) is 1. The van der Waals surface area contributed by atoms with Crippen LogP contribution in [0.2, 0.25) is 5.15 Å². The predicted octanol–water partition coefficient (Wildman–Crippen LogP) is 4.40. The van der Waals surface area contributed by atoms with Crippen LogP contribution in [0.1, 0.15) is 41.5 Å². The van der Waals surface area contributed by atoms with Crippen LogP contribution in [0, 0.1) is 6.92 Å². The topological polar surface area (TPSA) is 92.3 Å². The lowest BCUT2D eigenvalue weighted by molar-refractivity contribution is -0.122. The Morgan fingerprint density at radius 2 is 1.91 bits per heavy atom. The number of fused-ring (bicyclic) bond motifs is 3. The molecule has 162 valence electrons. The number of pyridine rings is 2. The molecule has 2 amide bonds. The number of ketones is 1. The molecule has 0 unspecified atom stereocenters. The Labute approximate surface area is 190 Å². The first kappa shape index (κ1) is 21.6. The van der Waals surface area contributed by atoms with Gasteiger partial charge in [0, 0.05) is 34.3 Å². The van der Waals surface area contributed by atoms with Crippen LogP contribution in [-0.4, -0.2) is 34.1 Å². The van der Waals surface area contributed by atoms with E-state index >= 15 is 0 Å². The van der Waals surface area contributed by atoms with Gasteiger partial charge in [0.2, 0.25) is 11.8 Å². The van der Waals surface area contributed by atoms with Gasteiger partial charge in [-0.05, 0) is 57.2 Å². The average Bonchev–Trinajstić information content (AvgIpc) is 2.84. The van der Waals surface area contributed by atoms with Crippen molar-refractivity contribution in [2.24, 2.45) is 0 Å². The summed E-state index contributed by atoms with van der Waals surface area (Å²) >= 11 is 6.51. The van der Waals surface area contributed by atoms with Gasteiger partial charge in [-0.15, -0.1) is 0 Å². The lowest BCUT2D eigenvalue weighted by Crippen LogP contribution is -2.40. The van der Waals surface area contributed by atoms with Crippen LogP contribution in [0.3, 0.4) is 0 Å². The van der Waals surface area contributed by atoms with Gasteiger partial charge in [-0.25, -0.2) is 4.98 Å². The monoisotopic (exact) mass is 448 g/mol. The summed E-state index contributed by atoms with van der Waals surface area (Å²) in [5.74, 6) is -1.26. The molecule has 0 aliphatic carbocycles. The van der Waals surface area contributed by atoms with Gasteiger partial charge in [-0.2, -0.15) is 0 Å². The molecule has 1 atom stereocenters. The Hall–Kier alpha value is -3.58.